The summed E-state index contributed by atoms with van der Waals surface area (Å²) in [6.45, 7) is 2.72. The molecule has 2 aromatic heterocycles. The largest absolute Gasteiger partial charge is 0.341 e. The number of carbonyl (C=O) groups excluding carboxylic acids is 1. The lowest BCUT2D eigenvalue weighted by Gasteiger charge is -2.23. The normalized spacial score (nSPS) is 13.5. The number of aromatic amines is 1. The van der Waals surface area contributed by atoms with Crippen molar-refractivity contribution in [3.63, 3.8) is 0 Å². The Kier molecular flexibility index (Phi) is 5.70. The molecule has 0 spiro atoms. The molecule has 0 aliphatic heterocycles. The zero-order valence-electron chi connectivity index (χ0n) is 18.5. The fraction of sp³-hybridized carbons (Fsp3) is 0.185. The molecule has 2 aromatic carbocycles. The van der Waals surface area contributed by atoms with Gasteiger partial charge in [0.1, 0.15) is 5.56 Å². The van der Waals surface area contributed by atoms with Crippen molar-refractivity contribution >= 4 is 17.2 Å². The van der Waals surface area contributed by atoms with E-state index in [2.05, 4.69) is 45.7 Å². The number of nitrogens with one attached hydrogen (secondary N) is 2. The van der Waals surface area contributed by atoms with Crippen molar-refractivity contribution in [3.8, 4) is 11.1 Å². The highest BCUT2D eigenvalue weighted by molar-refractivity contribution is 7.10. The predicted octanol–water partition coefficient (Wildman–Crippen LogP) is 5.13. The van der Waals surface area contributed by atoms with Gasteiger partial charge in [0.2, 0.25) is 0 Å². The van der Waals surface area contributed by atoms with Crippen LogP contribution in [0.2, 0.25) is 0 Å². The van der Waals surface area contributed by atoms with Crippen LogP contribution in [-0.2, 0) is 6.54 Å². The number of H-pyrrole nitrogens is 1. The molecular formula is C27H25N3O2S. The molecule has 2 N–H and O–H groups in total. The number of pyridine rings is 1. The molecule has 1 aliphatic carbocycles. The monoisotopic (exact) mass is 455 g/mol. The average Bonchev–Trinajstić information content (AvgIpc) is 3.46. The van der Waals surface area contributed by atoms with Crippen molar-refractivity contribution in [2.45, 2.75) is 25.6 Å². The van der Waals surface area contributed by atoms with Crippen LogP contribution < -0.4 is 10.9 Å². The highest BCUT2D eigenvalue weighted by Gasteiger charge is 2.30. The minimum absolute atomic E-state index is 0.120. The molecule has 0 radical (unpaired) electrons. The third-order valence-corrected chi connectivity index (χ3v) is 7.40. The summed E-state index contributed by atoms with van der Waals surface area (Å²) < 4.78 is 0. The van der Waals surface area contributed by atoms with Crippen LogP contribution in [0.5, 0.6) is 0 Å². The van der Waals surface area contributed by atoms with Crippen molar-refractivity contribution in [2.24, 2.45) is 0 Å². The quantitative estimate of drug-likeness (QED) is 0.424. The van der Waals surface area contributed by atoms with Gasteiger partial charge in [-0.05, 0) is 59.8 Å². The summed E-state index contributed by atoms with van der Waals surface area (Å²) in [5, 5.41) is 5.14. The molecule has 33 heavy (non-hydrogen) atoms. The smallest absolute Gasteiger partial charge is 0.261 e. The molecule has 0 fully saturated rings. The topological polar surface area (TPSA) is 65.2 Å². The lowest BCUT2D eigenvalue weighted by Crippen LogP contribution is -2.33. The third-order valence-electron chi connectivity index (χ3n) is 6.36. The maximum absolute atomic E-state index is 13.1. The summed E-state index contributed by atoms with van der Waals surface area (Å²) in [5.41, 5.74) is 4.85. The van der Waals surface area contributed by atoms with Gasteiger partial charge >= 0.3 is 0 Å². The Morgan fingerprint density at radius 1 is 1.00 bits per heavy atom. The molecule has 5 rings (SSSR count). The molecule has 6 heteroatoms. The zero-order valence-corrected chi connectivity index (χ0v) is 19.4. The number of hydrogen-bond acceptors (Lipinski definition) is 4. The molecule has 0 saturated heterocycles. The summed E-state index contributed by atoms with van der Waals surface area (Å²) in [4.78, 5) is 32.2. The van der Waals surface area contributed by atoms with Crippen LogP contribution in [0, 0.1) is 0 Å². The first-order chi connectivity index (χ1) is 16.0. The first-order valence-electron chi connectivity index (χ1n) is 11.0. The highest BCUT2D eigenvalue weighted by Crippen LogP contribution is 2.43. The molecule has 1 aliphatic rings. The number of aromatic nitrogens is 1. The maximum atomic E-state index is 13.1. The Morgan fingerprint density at radius 2 is 1.67 bits per heavy atom. The van der Waals surface area contributed by atoms with Crippen molar-refractivity contribution in [2.75, 3.05) is 7.05 Å². The molecular weight excluding hydrogens is 430 g/mol. The second kappa shape index (κ2) is 8.81. The molecule has 4 aromatic rings. The lowest BCUT2D eigenvalue weighted by atomic mass is 10.0. The van der Waals surface area contributed by atoms with E-state index in [0.717, 1.165) is 27.9 Å². The first-order valence-corrected chi connectivity index (χ1v) is 11.9. The summed E-state index contributed by atoms with van der Waals surface area (Å²) in [5.74, 6) is -0.375. The Morgan fingerprint density at radius 3 is 2.27 bits per heavy atom. The summed E-state index contributed by atoms with van der Waals surface area (Å²) in [6.07, 6.45) is 0. The number of thiophene rings is 1. The van der Waals surface area contributed by atoms with E-state index in [1.165, 1.54) is 4.88 Å². The van der Waals surface area contributed by atoms with Crippen molar-refractivity contribution in [1.29, 1.82) is 0 Å². The van der Waals surface area contributed by atoms with Crippen molar-refractivity contribution in [3.05, 3.63) is 116 Å². The van der Waals surface area contributed by atoms with E-state index in [9.17, 15) is 9.59 Å². The van der Waals surface area contributed by atoms with Crippen LogP contribution in [0.1, 0.15) is 51.1 Å². The van der Waals surface area contributed by atoms with Gasteiger partial charge < -0.3 is 10.3 Å². The molecule has 1 atom stereocenters. The van der Waals surface area contributed by atoms with E-state index in [-0.39, 0.29) is 29.1 Å². The summed E-state index contributed by atoms with van der Waals surface area (Å²) in [7, 11) is 2.03. The lowest BCUT2D eigenvalue weighted by molar-refractivity contribution is 0.0942. The number of nitrogens with zero attached hydrogens (tertiary/aromatic N) is 1. The first kappa shape index (κ1) is 21.4. The second-order valence-electron chi connectivity index (χ2n) is 8.41. The van der Waals surface area contributed by atoms with Crippen molar-refractivity contribution in [1.82, 2.24) is 15.2 Å². The minimum Gasteiger partial charge on any atom is -0.341 e. The van der Waals surface area contributed by atoms with Crippen molar-refractivity contribution < 1.29 is 4.79 Å². The molecule has 0 bridgehead atoms. The van der Waals surface area contributed by atoms with Gasteiger partial charge in [-0.15, -0.1) is 11.3 Å². The third kappa shape index (κ3) is 4.03. The number of amides is 1. The number of rotatable bonds is 6. The summed E-state index contributed by atoms with van der Waals surface area (Å²) in [6, 6.07) is 23.7. The molecule has 5 nitrogen and oxygen atoms in total. The number of hydrogen-bond donors (Lipinski definition) is 2. The molecule has 0 saturated carbocycles. The second-order valence-corrected chi connectivity index (χ2v) is 9.39. The van der Waals surface area contributed by atoms with E-state index in [4.69, 9.17) is 0 Å². The van der Waals surface area contributed by atoms with Gasteiger partial charge in [-0.3, -0.25) is 14.5 Å². The van der Waals surface area contributed by atoms with Gasteiger partial charge in [-0.2, -0.15) is 0 Å². The number of carbonyl (C=O) groups is 1. The van der Waals surface area contributed by atoms with E-state index in [0.29, 0.717) is 6.54 Å². The minimum atomic E-state index is -0.375. The maximum Gasteiger partial charge on any atom is 0.261 e. The van der Waals surface area contributed by atoms with Gasteiger partial charge in [0.05, 0.1) is 6.04 Å². The van der Waals surface area contributed by atoms with Crippen LogP contribution in [0.25, 0.3) is 11.1 Å². The van der Waals surface area contributed by atoms with Gasteiger partial charge in [0.25, 0.3) is 11.5 Å². The van der Waals surface area contributed by atoms with E-state index >= 15 is 0 Å². The highest BCUT2D eigenvalue weighted by atomic mass is 32.1. The molecule has 166 valence electrons. The summed E-state index contributed by atoms with van der Waals surface area (Å²) >= 11 is 1.72. The number of benzene rings is 2. The molecule has 1 amide bonds. The van der Waals surface area contributed by atoms with Crippen LogP contribution in [-0.4, -0.2) is 22.8 Å². The van der Waals surface area contributed by atoms with Gasteiger partial charge in [-0.1, -0.05) is 54.6 Å². The van der Waals surface area contributed by atoms with Crippen LogP contribution in [0.15, 0.2) is 83.0 Å². The standard InChI is InChI=1S/C27H25N3O2S/c1-17(24-12-7-15-33-24)30(2)16-18-13-14-23(26(31)28-18)27(32)29-25-21-10-5-3-8-19(21)20-9-4-6-11-22(20)25/h3-15,17,25H,16H2,1-2H3,(H,28,31)(H,29,32). The molecule has 2 heterocycles. The van der Waals surface area contributed by atoms with E-state index in [1.807, 2.05) is 55.6 Å². The number of fused-ring (bicyclic) bond motifs is 3. The predicted molar refractivity (Wildman–Crippen MR) is 132 cm³/mol. The Balaban J connectivity index is 1.34. The fourth-order valence-corrected chi connectivity index (χ4v) is 5.31. The van der Waals surface area contributed by atoms with E-state index < -0.39 is 0 Å². The van der Waals surface area contributed by atoms with Crippen LogP contribution in [0.4, 0.5) is 0 Å². The van der Waals surface area contributed by atoms with Crippen LogP contribution >= 0.6 is 11.3 Å². The fourth-order valence-electron chi connectivity index (χ4n) is 4.46. The SMILES string of the molecule is CC(c1cccs1)N(C)Cc1ccc(C(=O)NC2c3ccccc3-c3ccccc32)c(=O)[nH]1. The molecule has 1 unspecified atom stereocenters. The Bertz CT molecular complexity index is 1310. The van der Waals surface area contributed by atoms with Gasteiger partial charge in [-0.25, -0.2) is 0 Å². The Labute approximate surface area is 196 Å². The Hall–Kier alpha value is -3.48. The van der Waals surface area contributed by atoms with Gasteiger partial charge in [0, 0.05) is 23.2 Å². The van der Waals surface area contributed by atoms with Crippen LogP contribution in [0.3, 0.4) is 0 Å². The van der Waals surface area contributed by atoms with E-state index in [1.54, 1.807) is 17.4 Å². The average molecular weight is 456 g/mol. The zero-order chi connectivity index (χ0) is 22.9. The van der Waals surface area contributed by atoms with Gasteiger partial charge in [0.15, 0.2) is 0 Å².